The van der Waals surface area contributed by atoms with Gasteiger partial charge in [0.1, 0.15) is 5.82 Å². The first-order valence-corrected chi connectivity index (χ1v) is 7.59. The minimum absolute atomic E-state index is 0.0485. The lowest BCUT2D eigenvalue weighted by molar-refractivity contribution is 0.138. The van der Waals surface area contributed by atoms with Crippen LogP contribution < -0.4 is 4.90 Å². The average Bonchev–Trinajstić information content (AvgIpc) is 2.99. The van der Waals surface area contributed by atoms with Gasteiger partial charge in [-0.15, -0.1) is 0 Å². The summed E-state index contributed by atoms with van der Waals surface area (Å²) >= 11 is 3.10. The molecule has 2 heterocycles. The summed E-state index contributed by atoms with van der Waals surface area (Å²) in [5, 5.41) is 8.89. The number of fused-ring (bicyclic) bond motifs is 3. The van der Waals surface area contributed by atoms with Gasteiger partial charge in [0.25, 0.3) is 0 Å². The van der Waals surface area contributed by atoms with Crippen molar-refractivity contribution in [2.45, 2.75) is 13.0 Å². The number of halogens is 4. The van der Waals surface area contributed by atoms with Crippen molar-refractivity contribution in [1.29, 1.82) is 0 Å². The van der Waals surface area contributed by atoms with Crippen LogP contribution in [0.3, 0.4) is 0 Å². The van der Waals surface area contributed by atoms with Crippen molar-refractivity contribution in [3.05, 3.63) is 34.8 Å². The van der Waals surface area contributed by atoms with Gasteiger partial charge in [0.2, 0.25) is 0 Å². The highest BCUT2D eigenvalue weighted by Crippen LogP contribution is 2.29. The molecule has 3 aromatic rings. The second kappa shape index (κ2) is 6.32. The maximum Gasteiger partial charge on any atom is 0.316 e. The van der Waals surface area contributed by atoms with Gasteiger partial charge in [0.05, 0.1) is 15.5 Å². The van der Waals surface area contributed by atoms with E-state index in [-0.39, 0.29) is 41.0 Å². The predicted octanol–water partition coefficient (Wildman–Crippen LogP) is 3.20. The van der Waals surface area contributed by atoms with Gasteiger partial charge >= 0.3 is 6.55 Å². The molecule has 0 aliphatic carbocycles. The number of nitrogens with zero attached hydrogens (tertiary/aromatic N) is 4. The molecule has 23 heavy (non-hydrogen) atoms. The number of alkyl halides is 2. The third-order valence-electron chi connectivity index (χ3n) is 3.41. The Morgan fingerprint density at radius 3 is 2.83 bits per heavy atom. The molecule has 9 heteroatoms. The normalized spacial score (nSPS) is 11.7. The number of hydrogen-bond acceptors (Lipinski definition) is 4. The lowest BCUT2D eigenvalue weighted by Crippen LogP contribution is -2.31. The summed E-state index contributed by atoms with van der Waals surface area (Å²) in [6.45, 7) is -3.12. The molecule has 122 valence electrons. The topological polar surface area (TPSA) is 53.7 Å². The van der Waals surface area contributed by atoms with Crippen LogP contribution in [0, 0.1) is 5.82 Å². The Labute approximate surface area is 137 Å². The van der Waals surface area contributed by atoms with Crippen LogP contribution in [-0.4, -0.2) is 39.2 Å². The highest BCUT2D eigenvalue weighted by atomic mass is 79.9. The molecule has 0 amide bonds. The average molecular weight is 389 g/mol. The van der Waals surface area contributed by atoms with Crippen LogP contribution in [0.1, 0.15) is 6.42 Å². The van der Waals surface area contributed by atoms with Crippen LogP contribution >= 0.6 is 15.9 Å². The zero-order chi connectivity index (χ0) is 16.6. The quantitative estimate of drug-likeness (QED) is 0.682. The summed E-state index contributed by atoms with van der Waals surface area (Å²) in [5.74, 6) is -0.581. The molecule has 0 radical (unpaired) electrons. The van der Waals surface area contributed by atoms with Crippen molar-refractivity contribution in [3.8, 4) is 0 Å². The zero-order valence-electron chi connectivity index (χ0n) is 11.8. The molecule has 3 rings (SSSR count). The molecule has 0 unspecified atom stereocenters. The maximum absolute atomic E-state index is 13.8. The molecule has 1 aromatic carbocycles. The minimum Gasteiger partial charge on any atom is -0.396 e. The van der Waals surface area contributed by atoms with Crippen LogP contribution in [0.5, 0.6) is 0 Å². The summed E-state index contributed by atoms with van der Waals surface area (Å²) in [6, 6.07) is 2.70. The van der Waals surface area contributed by atoms with E-state index in [9.17, 15) is 13.2 Å². The number of aliphatic hydroxyl groups excluding tert-OH is 1. The standard InChI is InChI=1S/C14H12BrF3N4O/c15-8-6-11-10(7-9(8)16)20-13(12-19-2-4-21(11)12)22(14(17)18)3-1-5-23/h2,4,6-7,14,23H,1,3,5H2. The highest BCUT2D eigenvalue weighted by molar-refractivity contribution is 9.10. The van der Waals surface area contributed by atoms with Crippen LogP contribution in [0.15, 0.2) is 29.0 Å². The summed E-state index contributed by atoms with van der Waals surface area (Å²) in [5.41, 5.74) is 1.03. The monoisotopic (exact) mass is 388 g/mol. The van der Waals surface area contributed by atoms with Gasteiger partial charge in [-0.1, -0.05) is 0 Å². The van der Waals surface area contributed by atoms with Crippen molar-refractivity contribution >= 4 is 38.4 Å². The lowest BCUT2D eigenvalue weighted by atomic mass is 10.3. The van der Waals surface area contributed by atoms with Crippen LogP contribution in [0.4, 0.5) is 19.0 Å². The van der Waals surface area contributed by atoms with Crippen molar-refractivity contribution in [2.75, 3.05) is 18.1 Å². The number of hydrogen-bond donors (Lipinski definition) is 1. The van der Waals surface area contributed by atoms with Gasteiger partial charge in [-0.3, -0.25) is 9.30 Å². The molecule has 0 spiro atoms. The number of anilines is 1. The third-order valence-corrected chi connectivity index (χ3v) is 4.02. The molecule has 1 N–H and O–H groups in total. The second-order valence-corrected chi connectivity index (χ2v) is 5.71. The van der Waals surface area contributed by atoms with Gasteiger partial charge in [-0.25, -0.2) is 14.4 Å². The molecule has 0 fully saturated rings. The first kappa shape index (κ1) is 16.0. The van der Waals surface area contributed by atoms with E-state index in [2.05, 4.69) is 25.9 Å². The van der Waals surface area contributed by atoms with E-state index in [0.717, 1.165) is 4.90 Å². The minimum atomic E-state index is -2.81. The van der Waals surface area contributed by atoms with E-state index < -0.39 is 12.4 Å². The van der Waals surface area contributed by atoms with E-state index in [0.29, 0.717) is 5.52 Å². The Hall–Kier alpha value is -1.87. The van der Waals surface area contributed by atoms with Crippen LogP contribution in [0.2, 0.25) is 0 Å². The highest BCUT2D eigenvalue weighted by Gasteiger charge is 2.23. The first-order chi connectivity index (χ1) is 11.0. The predicted molar refractivity (Wildman–Crippen MR) is 83.2 cm³/mol. The molecule has 0 aliphatic rings. The Bertz CT molecular complexity index is 855. The number of aromatic nitrogens is 3. The number of imidazole rings is 1. The van der Waals surface area contributed by atoms with Crippen LogP contribution in [-0.2, 0) is 0 Å². The van der Waals surface area contributed by atoms with E-state index in [1.165, 1.54) is 18.3 Å². The first-order valence-electron chi connectivity index (χ1n) is 6.80. The molecule has 0 atom stereocenters. The Morgan fingerprint density at radius 1 is 1.35 bits per heavy atom. The zero-order valence-corrected chi connectivity index (χ0v) is 13.3. The molecular weight excluding hydrogens is 377 g/mol. The summed E-state index contributed by atoms with van der Waals surface area (Å²) in [7, 11) is 0. The van der Waals surface area contributed by atoms with E-state index >= 15 is 0 Å². The fourth-order valence-electron chi connectivity index (χ4n) is 2.37. The van der Waals surface area contributed by atoms with Crippen molar-refractivity contribution in [3.63, 3.8) is 0 Å². The van der Waals surface area contributed by atoms with E-state index in [1.54, 1.807) is 10.6 Å². The summed E-state index contributed by atoms with van der Waals surface area (Å²) in [6.07, 6.45) is 3.22. The fourth-order valence-corrected chi connectivity index (χ4v) is 2.70. The van der Waals surface area contributed by atoms with Crippen molar-refractivity contribution in [1.82, 2.24) is 14.4 Å². The smallest absolute Gasteiger partial charge is 0.316 e. The molecule has 0 bridgehead atoms. The summed E-state index contributed by atoms with van der Waals surface area (Å²) in [4.78, 5) is 9.01. The van der Waals surface area contributed by atoms with Gasteiger partial charge in [0.15, 0.2) is 11.5 Å². The number of aliphatic hydroxyl groups is 1. The second-order valence-electron chi connectivity index (χ2n) is 4.86. The van der Waals surface area contributed by atoms with E-state index in [1.807, 2.05) is 0 Å². The van der Waals surface area contributed by atoms with Gasteiger partial charge < -0.3 is 5.11 Å². The lowest BCUT2D eigenvalue weighted by Gasteiger charge is -2.23. The number of rotatable bonds is 5. The molecule has 0 aliphatic heterocycles. The van der Waals surface area contributed by atoms with Gasteiger partial charge in [-0.05, 0) is 28.4 Å². The Kier molecular flexibility index (Phi) is 4.40. The van der Waals surface area contributed by atoms with Crippen molar-refractivity contribution in [2.24, 2.45) is 0 Å². The van der Waals surface area contributed by atoms with Gasteiger partial charge in [-0.2, -0.15) is 8.78 Å². The molecule has 0 saturated heterocycles. The SMILES string of the molecule is OCCCN(c1nc2cc(F)c(Br)cc2n2ccnc12)C(F)F. The van der Waals surface area contributed by atoms with Gasteiger partial charge in [0, 0.05) is 31.6 Å². The molecular formula is C14H12BrF3N4O. The molecule has 0 saturated carbocycles. The van der Waals surface area contributed by atoms with E-state index in [4.69, 9.17) is 5.11 Å². The largest absolute Gasteiger partial charge is 0.396 e. The maximum atomic E-state index is 13.8. The number of benzene rings is 1. The molecule has 5 nitrogen and oxygen atoms in total. The Morgan fingerprint density at radius 2 is 2.13 bits per heavy atom. The fraction of sp³-hybridized carbons (Fsp3) is 0.286. The third kappa shape index (κ3) is 2.86. The molecule has 2 aromatic heterocycles. The summed E-state index contributed by atoms with van der Waals surface area (Å²) < 4.78 is 42.3. The van der Waals surface area contributed by atoms with Crippen LogP contribution in [0.25, 0.3) is 16.7 Å². The van der Waals surface area contributed by atoms with Crippen molar-refractivity contribution < 1.29 is 18.3 Å². The Balaban J connectivity index is 2.26.